The molecule has 0 amide bonds. The Morgan fingerprint density at radius 2 is 2.21 bits per heavy atom. The highest BCUT2D eigenvalue weighted by Gasteiger charge is 2.16. The fourth-order valence-electron chi connectivity index (χ4n) is 2.78. The van der Waals surface area contributed by atoms with Crippen molar-refractivity contribution in [1.82, 2.24) is 24.3 Å². The minimum atomic E-state index is -0.207. The van der Waals surface area contributed by atoms with E-state index in [-0.39, 0.29) is 12.1 Å². The highest BCUT2D eigenvalue weighted by atomic mass is 32.1. The average Bonchev–Trinajstić information content (AvgIpc) is 3.30. The molecule has 0 bridgehead atoms. The number of allylic oxidation sites excluding steroid dienone is 1. The maximum absolute atomic E-state index is 12.8. The first-order chi connectivity index (χ1) is 13.6. The Bertz CT molecular complexity index is 1280. The quantitative estimate of drug-likeness (QED) is 0.354. The van der Waals surface area contributed by atoms with Crippen molar-refractivity contribution in [2.24, 2.45) is 0 Å². The molecule has 1 aromatic carbocycles. The van der Waals surface area contributed by atoms with Crippen molar-refractivity contribution in [2.75, 3.05) is 7.11 Å². The lowest BCUT2D eigenvalue weighted by Crippen LogP contribution is -2.21. The highest BCUT2D eigenvalue weighted by Crippen LogP contribution is 2.27. The van der Waals surface area contributed by atoms with Gasteiger partial charge in [0.15, 0.2) is 9.60 Å². The Labute approximate surface area is 168 Å². The molecule has 0 saturated carbocycles. The van der Waals surface area contributed by atoms with Gasteiger partial charge in [-0.05, 0) is 24.4 Å². The summed E-state index contributed by atoms with van der Waals surface area (Å²) in [5, 5.41) is 3.99. The van der Waals surface area contributed by atoms with E-state index in [9.17, 15) is 4.79 Å². The van der Waals surface area contributed by atoms with Gasteiger partial charge in [0.2, 0.25) is 11.7 Å². The average molecular weight is 413 g/mol. The summed E-state index contributed by atoms with van der Waals surface area (Å²) < 4.78 is 14.9. The van der Waals surface area contributed by atoms with Gasteiger partial charge in [0.1, 0.15) is 23.3 Å². The molecule has 0 saturated heterocycles. The molecule has 4 aromatic rings. The van der Waals surface area contributed by atoms with Gasteiger partial charge in [-0.15, -0.1) is 6.58 Å². The maximum atomic E-state index is 12.8. The summed E-state index contributed by atoms with van der Waals surface area (Å²) in [5.74, 6) is 1.32. The van der Waals surface area contributed by atoms with Gasteiger partial charge >= 0.3 is 0 Å². The molecular weight excluding hydrogens is 398 g/mol. The van der Waals surface area contributed by atoms with Crippen LogP contribution in [0, 0.1) is 3.95 Å². The van der Waals surface area contributed by atoms with Crippen LogP contribution in [0.2, 0.25) is 0 Å². The third-order valence-electron chi connectivity index (χ3n) is 4.08. The number of aromatic nitrogens is 5. The standard InChI is InChI=1S/C18H15N5O3S2/c1-3-8-23-16-14(28-18(23)27)17(24)22(10-19-16)9-13-20-15(21-26-13)11-6-4-5-7-12(11)25-2/h3-7,10H,1,8-9H2,2H3. The summed E-state index contributed by atoms with van der Waals surface area (Å²) in [4.78, 5) is 21.6. The number of thiazole rings is 1. The summed E-state index contributed by atoms with van der Waals surface area (Å²) in [6.45, 7) is 4.32. The number of fused-ring (bicyclic) bond motifs is 1. The molecule has 4 rings (SSSR count). The molecule has 0 N–H and O–H groups in total. The monoisotopic (exact) mass is 413 g/mol. The molecular formula is C18H15N5O3S2. The summed E-state index contributed by atoms with van der Waals surface area (Å²) in [5.41, 5.74) is 1.05. The van der Waals surface area contributed by atoms with Crippen LogP contribution in [0.15, 0.2) is 52.6 Å². The molecule has 0 aliphatic heterocycles. The Morgan fingerprint density at radius 3 is 3.00 bits per heavy atom. The van der Waals surface area contributed by atoms with Crippen LogP contribution in [0.1, 0.15) is 5.89 Å². The fourth-order valence-corrected chi connectivity index (χ4v) is 4.09. The molecule has 0 atom stereocenters. The van der Waals surface area contributed by atoms with E-state index in [0.29, 0.717) is 43.9 Å². The first kappa shape index (κ1) is 18.3. The number of hydrogen-bond donors (Lipinski definition) is 0. The van der Waals surface area contributed by atoms with Crippen molar-refractivity contribution in [3.05, 3.63) is 63.4 Å². The van der Waals surface area contributed by atoms with E-state index in [0.717, 1.165) is 0 Å². The van der Waals surface area contributed by atoms with Crippen LogP contribution in [0.4, 0.5) is 0 Å². The predicted octanol–water partition coefficient (Wildman–Crippen LogP) is 3.28. The number of benzene rings is 1. The molecule has 0 unspecified atom stereocenters. The zero-order valence-electron chi connectivity index (χ0n) is 14.9. The predicted molar refractivity (Wildman–Crippen MR) is 108 cm³/mol. The van der Waals surface area contributed by atoms with E-state index in [1.54, 1.807) is 17.8 Å². The van der Waals surface area contributed by atoms with Crippen LogP contribution < -0.4 is 10.3 Å². The molecule has 8 nitrogen and oxygen atoms in total. The van der Waals surface area contributed by atoms with Gasteiger partial charge in [-0.1, -0.05) is 34.7 Å². The Balaban J connectivity index is 1.69. The Kier molecular flexibility index (Phi) is 4.88. The van der Waals surface area contributed by atoms with Crippen molar-refractivity contribution in [1.29, 1.82) is 0 Å². The van der Waals surface area contributed by atoms with Gasteiger partial charge in [0.25, 0.3) is 5.56 Å². The normalized spacial score (nSPS) is 11.0. The first-order valence-corrected chi connectivity index (χ1v) is 9.50. The van der Waals surface area contributed by atoms with Gasteiger partial charge in [0.05, 0.1) is 12.7 Å². The maximum Gasteiger partial charge on any atom is 0.273 e. The van der Waals surface area contributed by atoms with Crippen molar-refractivity contribution in [3.8, 4) is 17.1 Å². The first-order valence-electron chi connectivity index (χ1n) is 8.28. The number of ether oxygens (including phenoxy) is 1. The Hall–Kier alpha value is -3.11. The van der Waals surface area contributed by atoms with E-state index in [2.05, 4.69) is 21.7 Å². The molecule has 142 valence electrons. The van der Waals surface area contributed by atoms with Crippen LogP contribution in [-0.4, -0.2) is 31.4 Å². The van der Waals surface area contributed by atoms with Crippen molar-refractivity contribution >= 4 is 33.9 Å². The second-order valence-electron chi connectivity index (χ2n) is 5.81. The third kappa shape index (κ3) is 3.16. The van der Waals surface area contributed by atoms with E-state index < -0.39 is 0 Å². The molecule has 0 aliphatic carbocycles. The van der Waals surface area contributed by atoms with Crippen molar-refractivity contribution < 1.29 is 9.26 Å². The number of rotatable bonds is 6. The van der Waals surface area contributed by atoms with Gasteiger partial charge in [0, 0.05) is 6.54 Å². The molecule has 28 heavy (non-hydrogen) atoms. The second kappa shape index (κ2) is 7.49. The minimum Gasteiger partial charge on any atom is -0.496 e. The smallest absolute Gasteiger partial charge is 0.273 e. The van der Waals surface area contributed by atoms with Crippen molar-refractivity contribution in [3.63, 3.8) is 0 Å². The molecule has 3 heterocycles. The van der Waals surface area contributed by atoms with E-state index >= 15 is 0 Å². The van der Waals surface area contributed by atoms with Crippen LogP contribution >= 0.6 is 23.6 Å². The van der Waals surface area contributed by atoms with Crippen LogP contribution in [0.5, 0.6) is 5.75 Å². The lowest BCUT2D eigenvalue weighted by molar-refractivity contribution is 0.369. The molecule has 0 fully saturated rings. The summed E-state index contributed by atoms with van der Waals surface area (Å²) in [7, 11) is 1.58. The molecule has 0 radical (unpaired) electrons. The van der Waals surface area contributed by atoms with Crippen molar-refractivity contribution in [2.45, 2.75) is 13.1 Å². The highest BCUT2D eigenvalue weighted by molar-refractivity contribution is 7.73. The number of nitrogens with zero attached hydrogens (tertiary/aromatic N) is 5. The van der Waals surface area contributed by atoms with E-state index in [1.165, 1.54) is 22.2 Å². The summed E-state index contributed by atoms with van der Waals surface area (Å²) in [6, 6.07) is 7.37. The minimum absolute atomic E-state index is 0.107. The number of methoxy groups -OCH3 is 1. The largest absolute Gasteiger partial charge is 0.496 e. The topological polar surface area (TPSA) is 88.0 Å². The van der Waals surface area contributed by atoms with Gasteiger partial charge in [-0.3, -0.25) is 9.36 Å². The van der Waals surface area contributed by atoms with Gasteiger partial charge in [-0.2, -0.15) is 4.98 Å². The SMILES string of the molecule is C=CCn1c(=S)sc2c(=O)n(Cc3nc(-c4ccccc4OC)no3)cnc21. The zero-order valence-corrected chi connectivity index (χ0v) is 16.5. The van der Waals surface area contributed by atoms with E-state index in [1.807, 2.05) is 24.3 Å². The zero-order chi connectivity index (χ0) is 19.7. The van der Waals surface area contributed by atoms with Crippen LogP contribution in [0.3, 0.4) is 0 Å². The van der Waals surface area contributed by atoms with Crippen LogP contribution in [-0.2, 0) is 13.1 Å². The second-order valence-corrected chi connectivity index (χ2v) is 7.45. The summed E-state index contributed by atoms with van der Waals surface area (Å²) in [6.07, 6.45) is 3.17. The lowest BCUT2D eigenvalue weighted by atomic mass is 10.2. The number of para-hydroxylation sites is 1. The molecule has 10 heteroatoms. The lowest BCUT2D eigenvalue weighted by Gasteiger charge is -2.03. The number of hydrogen-bond acceptors (Lipinski definition) is 8. The fraction of sp³-hybridized carbons (Fsp3) is 0.167. The molecule has 3 aromatic heterocycles. The van der Waals surface area contributed by atoms with Gasteiger partial charge < -0.3 is 13.8 Å². The van der Waals surface area contributed by atoms with Crippen LogP contribution in [0.25, 0.3) is 21.7 Å². The third-order valence-corrected chi connectivity index (χ3v) is 5.50. The van der Waals surface area contributed by atoms with E-state index in [4.69, 9.17) is 21.5 Å². The molecule has 0 aliphatic rings. The molecule has 0 spiro atoms. The van der Waals surface area contributed by atoms with Gasteiger partial charge in [-0.25, -0.2) is 4.98 Å². The summed E-state index contributed by atoms with van der Waals surface area (Å²) >= 11 is 6.55. The Morgan fingerprint density at radius 1 is 1.39 bits per heavy atom.